The molecule has 0 spiro atoms. The Kier molecular flexibility index (Phi) is 19.7. The van der Waals surface area contributed by atoms with Gasteiger partial charge in [-0.05, 0) is 40.7 Å². The third-order valence-corrected chi connectivity index (χ3v) is 7.67. The molecule has 0 radical (unpaired) electrons. The summed E-state index contributed by atoms with van der Waals surface area (Å²) in [6.07, 6.45) is 28.4. The van der Waals surface area contributed by atoms with Gasteiger partial charge in [0.15, 0.2) is 56.1 Å². The lowest BCUT2D eigenvalue weighted by Crippen LogP contribution is -3.00. The van der Waals surface area contributed by atoms with E-state index >= 15 is 0 Å². The lowest BCUT2D eigenvalue weighted by Gasteiger charge is -2.01. The lowest BCUT2D eigenvalue weighted by atomic mass is 10.1. The van der Waals surface area contributed by atoms with Crippen LogP contribution >= 0.6 is 0 Å². The fourth-order valence-electron chi connectivity index (χ4n) is 5.01. The lowest BCUT2D eigenvalue weighted by molar-refractivity contribution is -0.698. The molecule has 242 valence electrons. The number of halogens is 4. The Labute approximate surface area is 319 Å². The number of hydrogen-bond donors (Lipinski definition) is 0. The van der Waals surface area contributed by atoms with Gasteiger partial charge in [0.1, 0.15) is 20.1 Å². The Morgan fingerprint density at radius 3 is 1.39 bits per heavy atom. The van der Waals surface area contributed by atoms with Crippen LogP contribution in [0.3, 0.4) is 0 Å². The van der Waals surface area contributed by atoms with E-state index in [0.29, 0.717) is 0 Å². The molecular formula is C38H42Br2ClIN4. The molecule has 0 atom stereocenters. The van der Waals surface area contributed by atoms with Gasteiger partial charge in [0.2, 0.25) is 0 Å². The van der Waals surface area contributed by atoms with Crippen molar-refractivity contribution in [3.05, 3.63) is 151 Å². The Bertz CT molecular complexity index is 1590. The van der Waals surface area contributed by atoms with E-state index < -0.39 is 0 Å². The fourth-order valence-corrected chi connectivity index (χ4v) is 5.01. The molecule has 0 N–H and O–H groups in total. The number of benzene rings is 1. The average molecular weight is 877 g/mol. The third kappa shape index (κ3) is 13.2. The summed E-state index contributed by atoms with van der Waals surface area (Å²) >= 11 is 0. The molecule has 4 heterocycles. The summed E-state index contributed by atoms with van der Waals surface area (Å²) in [5.74, 6) is 0. The minimum Gasteiger partial charge on any atom is -1.00 e. The molecule has 0 bridgehead atoms. The Morgan fingerprint density at radius 2 is 0.935 bits per heavy atom. The molecule has 0 aliphatic carbocycles. The maximum atomic E-state index is 3.82. The Balaban J connectivity index is 0.00000264. The van der Waals surface area contributed by atoms with Crippen molar-refractivity contribution in [1.29, 1.82) is 0 Å². The van der Waals surface area contributed by atoms with Crippen molar-refractivity contribution >= 4 is 18.2 Å². The smallest absolute Gasteiger partial charge is 0.173 e. The Morgan fingerprint density at radius 1 is 0.522 bits per heavy atom. The number of pyridine rings is 4. The molecule has 8 heteroatoms. The van der Waals surface area contributed by atoms with Crippen LogP contribution in [-0.4, -0.2) is 0 Å². The summed E-state index contributed by atoms with van der Waals surface area (Å²) in [5, 5.41) is 0. The van der Waals surface area contributed by atoms with Crippen LogP contribution in [0.4, 0.5) is 0 Å². The van der Waals surface area contributed by atoms with Crippen molar-refractivity contribution in [2.45, 2.75) is 45.3 Å². The van der Waals surface area contributed by atoms with Crippen molar-refractivity contribution in [3.63, 3.8) is 0 Å². The molecule has 0 fully saturated rings. The van der Waals surface area contributed by atoms with Gasteiger partial charge in [-0.2, -0.15) is 0 Å². The second kappa shape index (κ2) is 22.0. The van der Waals surface area contributed by atoms with E-state index in [1.165, 1.54) is 53.5 Å². The highest BCUT2D eigenvalue weighted by atomic mass is 127. The number of hydrogen-bond acceptors (Lipinski definition) is 0. The highest BCUT2D eigenvalue weighted by Crippen LogP contribution is 2.15. The maximum Gasteiger partial charge on any atom is 0.173 e. The van der Waals surface area contributed by atoms with E-state index in [2.05, 4.69) is 159 Å². The summed E-state index contributed by atoms with van der Waals surface area (Å²) < 4.78 is 8.85. The van der Waals surface area contributed by atoms with Crippen LogP contribution in [0.15, 0.2) is 129 Å². The molecule has 4 aromatic heterocycles. The quantitative estimate of drug-likeness (QED) is 0.0638. The largest absolute Gasteiger partial charge is 1.00 e. The van der Waals surface area contributed by atoms with Gasteiger partial charge in [-0.15, -0.1) is 0 Å². The van der Waals surface area contributed by atoms with Crippen molar-refractivity contribution in [2.24, 2.45) is 7.05 Å². The summed E-state index contributed by atoms with van der Waals surface area (Å²) in [6, 6.07) is 26.0. The molecular weight excluding hydrogens is 835 g/mol. The predicted molar refractivity (Wildman–Crippen MR) is 170 cm³/mol. The predicted octanol–water partition coefficient (Wildman–Crippen LogP) is -5.82. The highest BCUT2D eigenvalue weighted by molar-refractivity contribution is 5.68. The van der Waals surface area contributed by atoms with Gasteiger partial charge < -0.3 is 70.3 Å². The number of aromatic nitrogens is 4. The topological polar surface area (TPSA) is 15.5 Å². The number of rotatable bonds is 13. The molecule has 4 nitrogen and oxygen atoms in total. The van der Waals surface area contributed by atoms with Crippen LogP contribution in [-0.2, 0) is 26.7 Å². The van der Waals surface area contributed by atoms with Crippen LogP contribution in [0, 0.1) is 0 Å². The molecule has 5 rings (SSSR count). The van der Waals surface area contributed by atoms with Crippen molar-refractivity contribution in [3.8, 4) is 11.1 Å². The SMILES string of the molecule is C=Cc1ccc(C[n+]2ccc(C=Cc3cc[n+](CCCCCC[n+]4ccc(-c5cc[n+](C)cc5)cc4)cc3)cc2)cc1.[Br-].[Br-].[Cl-].[I-]. The van der Waals surface area contributed by atoms with Gasteiger partial charge in [-0.25, -0.2) is 18.3 Å². The number of nitrogens with zero attached hydrogens (tertiary/aromatic N) is 4. The third-order valence-electron chi connectivity index (χ3n) is 7.67. The first-order valence-electron chi connectivity index (χ1n) is 15.0. The zero-order valence-electron chi connectivity index (χ0n) is 26.2. The molecule has 0 amide bonds. The van der Waals surface area contributed by atoms with Crippen LogP contribution in [0.25, 0.3) is 29.4 Å². The normalized spacial score (nSPS) is 10.2. The highest BCUT2D eigenvalue weighted by Gasteiger charge is 2.06. The van der Waals surface area contributed by atoms with E-state index in [1.54, 1.807) is 0 Å². The van der Waals surface area contributed by atoms with Gasteiger partial charge in [-0.1, -0.05) is 49.1 Å². The molecule has 0 aliphatic heterocycles. The minimum absolute atomic E-state index is 0. The van der Waals surface area contributed by atoms with Crippen molar-refractivity contribution < 1.29 is 88.6 Å². The molecule has 0 aliphatic rings. The van der Waals surface area contributed by atoms with Crippen LogP contribution in [0.1, 0.15) is 47.9 Å². The second-order valence-corrected chi connectivity index (χ2v) is 10.9. The number of aryl methyl sites for hydroxylation is 3. The van der Waals surface area contributed by atoms with Crippen molar-refractivity contribution in [2.75, 3.05) is 0 Å². The first-order valence-corrected chi connectivity index (χ1v) is 15.0. The first-order chi connectivity index (χ1) is 20.6. The van der Waals surface area contributed by atoms with Gasteiger partial charge in [-0.3, -0.25) is 0 Å². The minimum atomic E-state index is 0. The van der Waals surface area contributed by atoms with E-state index in [1.807, 2.05) is 13.1 Å². The van der Waals surface area contributed by atoms with Crippen LogP contribution < -0.4 is 88.6 Å². The summed E-state index contributed by atoms with van der Waals surface area (Å²) in [6.45, 7) is 6.82. The average Bonchev–Trinajstić information content (AvgIpc) is 3.04. The molecule has 1 aromatic carbocycles. The molecule has 0 saturated carbocycles. The zero-order valence-corrected chi connectivity index (χ0v) is 32.3. The number of unbranched alkanes of at least 4 members (excludes halogenated alkanes) is 3. The molecule has 0 saturated heterocycles. The standard InChI is InChI=1S/C38H42N4.2BrH.ClH.HI/c1-3-33-8-12-36(13-9-33)32-42-28-16-35(17-29-42)11-10-34-14-26-40(27-15-34)22-6-4-5-7-23-41-30-20-38(21-31-41)37-18-24-39(2)25-19-37;;;;/h3,8-21,24-31H,1,4-7,22-23,32H2,2H3;4*1H/q+4;;;;/p-4. The van der Waals surface area contributed by atoms with Gasteiger partial charge in [0, 0.05) is 66.9 Å². The van der Waals surface area contributed by atoms with E-state index in [4.69, 9.17) is 0 Å². The van der Waals surface area contributed by atoms with Gasteiger partial charge >= 0.3 is 0 Å². The fraction of sp³-hybridized carbons (Fsp3) is 0.211. The summed E-state index contributed by atoms with van der Waals surface area (Å²) in [5.41, 5.74) is 7.37. The van der Waals surface area contributed by atoms with E-state index in [-0.39, 0.29) is 70.3 Å². The molecule has 0 unspecified atom stereocenters. The van der Waals surface area contributed by atoms with Crippen LogP contribution in [0.2, 0.25) is 0 Å². The second-order valence-electron chi connectivity index (χ2n) is 10.9. The Hall–Kier alpha value is -2.72. The van der Waals surface area contributed by atoms with Crippen molar-refractivity contribution in [1.82, 2.24) is 0 Å². The zero-order chi connectivity index (χ0) is 29.0. The van der Waals surface area contributed by atoms with E-state index in [0.717, 1.165) is 25.2 Å². The molecule has 5 aromatic rings. The van der Waals surface area contributed by atoms with Gasteiger partial charge in [0.05, 0.1) is 0 Å². The van der Waals surface area contributed by atoms with Gasteiger partial charge in [0.25, 0.3) is 0 Å². The van der Waals surface area contributed by atoms with Crippen LogP contribution in [0.5, 0.6) is 0 Å². The maximum absolute atomic E-state index is 3.82. The summed E-state index contributed by atoms with van der Waals surface area (Å²) in [4.78, 5) is 0. The summed E-state index contributed by atoms with van der Waals surface area (Å²) in [7, 11) is 2.05. The monoisotopic (exact) mass is 874 g/mol. The first kappa shape index (κ1) is 41.3. The van der Waals surface area contributed by atoms with E-state index in [9.17, 15) is 0 Å². The molecule has 46 heavy (non-hydrogen) atoms.